The maximum Gasteiger partial charge on any atom is 0.164 e. The molecule has 0 amide bonds. The summed E-state index contributed by atoms with van der Waals surface area (Å²) < 4.78 is 13.4. The molecular weight excluding hydrogens is 229 g/mol. The van der Waals surface area contributed by atoms with Gasteiger partial charge in [0.25, 0.3) is 0 Å². The number of nitrogens with zero attached hydrogens (tertiary/aromatic N) is 1. The smallest absolute Gasteiger partial charge is 0.164 e. The van der Waals surface area contributed by atoms with Gasteiger partial charge in [-0.1, -0.05) is 18.6 Å². The van der Waals surface area contributed by atoms with E-state index in [4.69, 9.17) is 0 Å². The van der Waals surface area contributed by atoms with Crippen LogP contribution < -0.4 is 0 Å². The fraction of sp³-hybridized carbons (Fsp3) is 0.533. The molecule has 0 unspecified atom stereocenters. The zero-order chi connectivity index (χ0) is 13.1. The van der Waals surface area contributed by atoms with Gasteiger partial charge in [-0.15, -0.1) is 0 Å². The van der Waals surface area contributed by atoms with Crippen molar-refractivity contribution >= 4 is 5.78 Å². The molecule has 0 bridgehead atoms. The van der Waals surface area contributed by atoms with Crippen molar-refractivity contribution in [2.75, 3.05) is 13.6 Å². The van der Waals surface area contributed by atoms with Crippen LogP contribution in [0.5, 0.6) is 0 Å². The molecule has 1 aliphatic carbocycles. The molecule has 1 aromatic rings. The van der Waals surface area contributed by atoms with Crippen molar-refractivity contribution in [1.29, 1.82) is 0 Å². The van der Waals surface area contributed by atoms with Crippen molar-refractivity contribution in [2.45, 2.75) is 38.6 Å². The van der Waals surface area contributed by atoms with Gasteiger partial charge in [0.1, 0.15) is 5.82 Å². The molecule has 0 N–H and O–H groups in total. The van der Waals surface area contributed by atoms with Crippen LogP contribution in [0.2, 0.25) is 0 Å². The zero-order valence-electron chi connectivity index (χ0n) is 11.1. The van der Waals surface area contributed by atoms with Crippen LogP contribution in [0.1, 0.15) is 41.6 Å². The third-order valence-corrected chi connectivity index (χ3v) is 3.88. The van der Waals surface area contributed by atoms with Gasteiger partial charge >= 0.3 is 0 Å². The molecule has 0 aromatic heterocycles. The lowest BCUT2D eigenvalue weighted by molar-refractivity contribution is 0.0939. The van der Waals surface area contributed by atoms with E-state index in [1.54, 1.807) is 19.1 Å². The number of hydrogen-bond acceptors (Lipinski definition) is 2. The van der Waals surface area contributed by atoms with Crippen molar-refractivity contribution in [3.8, 4) is 0 Å². The minimum atomic E-state index is -0.298. The second kappa shape index (κ2) is 5.61. The van der Waals surface area contributed by atoms with E-state index in [0.29, 0.717) is 23.6 Å². The second-order valence-corrected chi connectivity index (χ2v) is 5.20. The fourth-order valence-electron chi connectivity index (χ4n) is 2.20. The van der Waals surface area contributed by atoms with E-state index >= 15 is 0 Å². The summed E-state index contributed by atoms with van der Waals surface area (Å²) in [5.41, 5.74) is 1.07. The van der Waals surface area contributed by atoms with Crippen LogP contribution in [0.3, 0.4) is 0 Å². The quantitative estimate of drug-likeness (QED) is 0.747. The molecule has 3 heteroatoms. The number of carbonyl (C=O) groups is 1. The minimum absolute atomic E-state index is 0.0278. The molecule has 0 radical (unpaired) electrons. The van der Waals surface area contributed by atoms with Gasteiger partial charge in [0.2, 0.25) is 0 Å². The van der Waals surface area contributed by atoms with Crippen LogP contribution >= 0.6 is 0 Å². The van der Waals surface area contributed by atoms with E-state index in [1.165, 1.54) is 25.3 Å². The normalized spacial score (nSPS) is 15.8. The highest BCUT2D eigenvalue weighted by Crippen LogP contribution is 2.23. The number of carbonyl (C=O) groups excluding carboxylic acids is 1. The van der Waals surface area contributed by atoms with E-state index in [2.05, 4.69) is 11.9 Å². The molecule has 0 aliphatic heterocycles. The Morgan fingerprint density at radius 3 is 2.72 bits per heavy atom. The van der Waals surface area contributed by atoms with E-state index in [1.807, 2.05) is 0 Å². The first-order chi connectivity index (χ1) is 8.58. The summed E-state index contributed by atoms with van der Waals surface area (Å²) >= 11 is 0. The Hall–Kier alpha value is -1.22. The predicted octanol–water partition coefficient (Wildman–Crippen LogP) is 3.19. The average Bonchev–Trinajstić information content (AvgIpc) is 2.27. The Balaban J connectivity index is 1.88. The zero-order valence-corrected chi connectivity index (χ0v) is 11.1. The predicted molar refractivity (Wildman–Crippen MR) is 70.4 cm³/mol. The van der Waals surface area contributed by atoms with E-state index in [9.17, 15) is 9.18 Å². The molecule has 0 spiro atoms. The first kappa shape index (κ1) is 13.2. The van der Waals surface area contributed by atoms with E-state index < -0.39 is 0 Å². The third-order valence-electron chi connectivity index (χ3n) is 3.88. The van der Waals surface area contributed by atoms with Gasteiger partial charge in [-0.2, -0.15) is 0 Å². The summed E-state index contributed by atoms with van der Waals surface area (Å²) in [4.78, 5) is 14.2. The van der Waals surface area contributed by atoms with Crippen molar-refractivity contribution in [3.63, 3.8) is 0 Å². The van der Waals surface area contributed by atoms with Crippen LogP contribution in [0.4, 0.5) is 4.39 Å². The van der Waals surface area contributed by atoms with E-state index in [0.717, 1.165) is 6.54 Å². The summed E-state index contributed by atoms with van der Waals surface area (Å²) in [6, 6.07) is 5.37. The number of ketones is 1. The summed E-state index contributed by atoms with van der Waals surface area (Å²) in [7, 11) is 2.06. The topological polar surface area (TPSA) is 20.3 Å². The highest BCUT2D eigenvalue weighted by Gasteiger charge is 2.22. The Bertz CT molecular complexity index is 440. The standard InChI is InChI=1S/C15H20FNO/c1-11-6-7-12(10-14(11)16)15(18)8-9-17(2)13-4-3-5-13/h6-7,10,13H,3-5,8-9H2,1-2H3. The lowest BCUT2D eigenvalue weighted by Crippen LogP contribution is -2.38. The van der Waals surface area contributed by atoms with Crippen LogP contribution in [0, 0.1) is 12.7 Å². The maximum absolute atomic E-state index is 13.4. The highest BCUT2D eigenvalue weighted by molar-refractivity contribution is 5.96. The van der Waals surface area contributed by atoms with Crippen LogP contribution in [-0.4, -0.2) is 30.3 Å². The second-order valence-electron chi connectivity index (χ2n) is 5.20. The van der Waals surface area contributed by atoms with Crippen molar-refractivity contribution < 1.29 is 9.18 Å². The minimum Gasteiger partial charge on any atom is -0.303 e. The van der Waals surface area contributed by atoms with Crippen LogP contribution in [0.25, 0.3) is 0 Å². The average molecular weight is 249 g/mol. The Labute approximate surface area is 108 Å². The highest BCUT2D eigenvalue weighted by atomic mass is 19.1. The summed E-state index contributed by atoms with van der Waals surface area (Å²) in [5.74, 6) is -0.270. The van der Waals surface area contributed by atoms with Crippen LogP contribution in [0.15, 0.2) is 18.2 Å². The van der Waals surface area contributed by atoms with Gasteiger partial charge in [-0.3, -0.25) is 4.79 Å². The monoisotopic (exact) mass is 249 g/mol. The lowest BCUT2D eigenvalue weighted by Gasteiger charge is -2.34. The van der Waals surface area contributed by atoms with Gasteiger partial charge < -0.3 is 4.90 Å². The molecule has 1 saturated carbocycles. The molecule has 2 nitrogen and oxygen atoms in total. The molecule has 0 heterocycles. The maximum atomic E-state index is 13.4. The largest absolute Gasteiger partial charge is 0.303 e. The fourth-order valence-corrected chi connectivity index (χ4v) is 2.20. The first-order valence-corrected chi connectivity index (χ1v) is 6.57. The molecular formula is C15H20FNO. The lowest BCUT2D eigenvalue weighted by atomic mass is 9.91. The van der Waals surface area contributed by atoms with Gasteiger partial charge in [-0.25, -0.2) is 4.39 Å². The molecule has 18 heavy (non-hydrogen) atoms. The molecule has 1 fully saturated rings. The molecule has 0 saturated heterocycles. The Morgan fingerprint density at radius 2 is 2.17 bits per heavy atom. The number of aryl methyl sites for hydroxylation is 1. The number of halogens is 1. The molecule has 1 aliphatic rings. The SMILES string of the molecule is Cc1ccc(C(=O)CCN(C)C2CCC2)cc1F. The first-order valence-electron chi connectivity index (χ1n) is 6.57. The van der Waals surface area contributed by atoms with Crippen LogP contribution in [-0.2, 0) is 0 Å². The molecule has 1 aromatic carbocycles. The molecule has 0 atom stereocenters. The molecule has 98 valence electrons. The van der Waals surface area contributed by atoms with Gasteiger partial charge in [0.15, 0.2) is 5.78 Å². The number of hydrogen-bond donors (Lipinski definition) is 0. The Morgan fingerprint density at radius 1 is 1.44 bits per heavy atom. The van der Waals surface area contributed by atoms with Gasteiger partial charge in [0, 0.05) is 24.6 Å². The Kier molecular flexibility index (Phi) is 4.12. The summed E-state index contributed by atoms with van der Waals surface area (Å²) in [6.07, 6.45) is 4.25. The third kappa shape index (κ3) is 2.96. The van der Waals surface area contributed by atoms with Crippen molar-refractivity contribution in [1.82, 2.24) is 4.90 Å². The van der Waals surface area contributed by atoms with Crippen molar-refractivity contribution in [2.24, 2.45) is 0 Å². The number of Topliss-reactive ketones (excluding diaryl/α,β-unsaturated/α-hetero) is 1. The van der Waals surface area contributed by atoms with E-state index in [-0.39, 0.29) is 11.6 Å². The van der Waals surface area contributed by atoms with Gasteiger partial charge in [0.05, 0.1) is 0 Å². The molecule has 2 rings (SSSR count). The van der Waals surface area contributed by atoms with Gasteiger partial charge in [-0.05, 0) is 38.4 Å². The summed E-state index contributed by atoms with van der Waals surface area (Å²) in [5, 5.41) is 0. The van der Waals surface area contributed by atoms with Crippen molar-refractivity contribution in [3.05, 3.63) is 35.1 Å². The number of benzene rings is 1. The summed E-state index contributed by atoms with van der Waals surface area (Å²) in [6.45, 7) is 2.47. The number of rotatable bonds is 5.